The number of rotatable bonds is 3. The van der Waals surface area contributed by atoms with Gasteiger partial charge in [0.25, 0.3) is 0 Å². The van der Waals surface area contributed by atoms with Crippen LogP contribution in [-0.4, -0.2) is 26.7 Å². The van der Waals surface area contributed by atoms with E-state index in [-0.39, 0.29) is 0 Å². The minimum absolute atomic E-state index is 0.475. The maximum Gasteiger partial charge on any atom is 0.174 e. The lowest BCUT2D eigenvalue weighted by Crippen LogP contribution is -2.36. The molecule has 0 atom stereocenters. The molecule has 0 aliphatic heterocycles. The van der Waals surface area contributed by atoms with Crippen molar-refractivity contribution >= 4 is 23.1 Å². The Bertz CT molecular complexity index is 346. The van der Waals surface area contributed by atoms with E-state index < -0.39 is 5.60 Å². The summed E-state index contributed by atoms with van der Waals surface area (Å²) in [5.74, 6) is 1.53. The minimum atomic E-state index is -0.475. The van der Waals surface area contributed by atoms with E-state index in [1.807, 2.05) is 6.92 Å². The van der Waals surface area contributed by atoms with Crippen LogP contribution in [0.15, 0.2) is 4.34 Å². The van der Waals surface area contributed by atoms with Gasteiger partial charge in [0.1, 0.15) is 5.01 Å². The zero-order valence-corrected chi connectivity index (χ0v) is 11.4. The molecule has 0 bridgehead atoms. The first-order valence-electron chi connectivity index (χ1n) is 5.73. The number of aromatic nitrogens is 2. The predicted octanol–water partition coefficient (Wildman–Crippen LogP) is 2.88. The second kappa shape index (κ2) is 5.02. The van der Waals surface area contributed by atoms with Gasteiger partial charge < -0.3 is 5.11 Å². The third-order valence-corrected chi connectivity index (χ3v) is 5.42. The number of hydrogen-bond acceptors (Lipinski definition) is 5. The molecule has 1 aromatic rings. The van der Waals surface area contributed by atoms with Crippen molar-refractivity contribution in [1.29, 1.82) is 0 Å². The van der Waals surface area contributed by atoms with Crippen molar-refractivity contribution in [3.8, 4) is 0 Å². The normalized spacial score (nSPS) is 30.6. The van der Waals surface area contributed by atoms with Gasteiger partial charge in [0, 0.05) is 5.75 Å². The van der Waals surface area contributed by atoms with E-state index in [4.69, 9.17) is 0 Å². The molecule has 1 aromatic heterocycles. The molecule has 3 nitrogen and oxygen atoms in total. The Morgan fingerprint density at radius 1 is 1.44 bits per heavy atom. The molecule has 0 spiro atoms. The molecule has 0 saturated heterocycles. The van der Waals surface area contributed by atoms with Crippen LogP contribution >= 0.6 is 23.1 Å². The molecular formula is C11H18N2OS2. The maximum atomic E-state index is 10.4. The Balaban J connectivity index is 1.85. The number of nitrogens with zero attached hydrogens (tertiary/aromatic N) is 2. The summed E-state index contributed by atoms with van der Waals surface area (Å²) in [5.41, 5.74) is -0.475. The number of aliphatic hydroxyl groups is 1. The molecule has 1 N–H and O–H groups in total. The van der Waals surface area contributed by atoms with E-state index >= 15 is 0 Å². The molecule has 0 aromatic carbocycles. The van der Waals surface area contributed by atoms with E-state index in [9.17, 15) is 5.11 Å². The summed E-state index contributed by atoms with van der Waals surface area (Å²) in [5, 5.41) is 19.4. The highest BCUT2D eigenvalue weighted by molar-refractivity contribution is 8.01. The predicted molar refractivity (Wildman–Crippen MR) is 68.0 cm³/mol. The average molecular weight is 258 g/mol. The fourth-order valence-electron chi connectivity index (χ4n) is 1.98. The summed E-state index contributed by atoms with van der Waals surface area (Å²) < 4.78 is 0.976. The molecule has 0 unspecified atom stereocenters. The Labute approximate surface area is 105 Å². The largest absolute Gasteiger partial charge is 0.389 e. The second-order valence-corrected chi connectivity index (χ2v) is 7.19. The average Bonchev–Trinajstić information content (AvgIpc) is 2.67. The fraction of sp³-hybridized carbons (Fsp3) is 0.818. The topological polar surface area (TPSA) is 46.0 Å². The van der Waals surface area contributed by atoms with E-state index in [1.165, 1.54) is 0 Å². The van der Waals surface area contributed by atoms with Gasteiger partial charge in [0.15, 0.2) is 4.34 Å². The molecule has 1 heterocycles. The third kappa shape index (κ3) is 3.18. The van der Waals surface area contributed by atoms with Crippen LogP contribution in [-0.2, 0) is 0 Å². The van der Waals surface area contributed by atoms with Crippen molar-refractivity contribution in [3.05, 3.63) is 5.01 Å². The molecule has 0 radical (unpaired) electrons. The molecule has 2 rings (SSSR count). The summed E-state index contributed by atoms with van der Waals surface area (Å²) in [6.45, 7) is 4.22. The van der Waals surface area contributed by atoms with Gasteiger partial charge in [-0.1, -0.05) is 30.0 Å². The Morgan fingerprint density at radius 2 is 2.12 bits per heavy atom. The first-order valence-corrected chi connectivity index (χ1v) is 7.53. The molecule has 1 fully saturated rings. The fourth-order valence-corrected chi connectivity index (χ4v) is 3.95. The van der Waals surface area contributed by atoms with Crippen LogP contribution in [0.2, 0.25) is 0 Å². The van der Waals surface area contributed by atoms with E-state index in [0.717, 1.165) is 46.7 Å². The van der Waals surface area contributed by atoms with E-state index in [1.54, 1.807) is 23.1 Å². The first kappa shape index (κ1) is 12.3. The van der Waals surface area contributed by atoms with Crippen LogP contribution < -0.4 is 0 Å². The van der Waals surface area contributed by atoms with Crippen molar-refractivity contribution in [2.75, 3.05) is 5.75 Å². The highest BCUT2D eigenvalue weighted by atomic mass is 32.2. The molecule has 0 amide bonds. The molecule has 1 aliphatic carbocycles. The van der Waals surface area contributed by atoms with Gasteiger partial charge >= 0.3 is 0 Å². The second-order valence-electron chi connectivity index (χ2n) is 4.78. The summed E-state index contributed by atoms with van der Waals surface area (Å²) in [7, 11) is 0. The lowest BCUT2D eigenvalue weighted by molar-refractivity contribution is 0.0150. The van der Waals surface area contributed by atoms with Gasteiger partial charge in [0.05, 0.1) is 5.60 Å². The van der Waals surface area contributed by atoms with Crippen LogP contribution in [0.5, 0.6) is 0 Å². The SMILES string of the molecule is Cc1nnc(SCC2(O)CCC(C)CC2)s1. The van der Waals surface area contributed by atoms with Crippen molar-refractivity contribution < 1.29 is 5.11 Å². The maximum absolute atomic E-state index is 10.4. The summed E-state index contributed by atoms with van der Waals surface area (Å²) in [6, 6.07) is 0. The van der Waals surface area contributed by atoms with Crippen LogP contribution in [0.1, 0.15) is 37.6 Å². The summed E-state index contributed by atoms with van der Waals surface area (Å²) in [4.78, 5) is 0. The highest BCUT2D eigenvalue weighted by Crippen LogP contribution is 2.36. The number of thioether (sulfide) groups is 1. The smallest absolute Gasteiger partial charge is 0.174 e. The Kier molecular flexibility index (Phi) is 3.87. The van der Waals surface area contributed by atoms with Gasteiger partial charge in [-0.15, -0.1) is 10.2 Å². The van der Waals surface area contributed by atoms with E-state index in [0.29, 0.717) is 0 Å². The first-order chi connectivity index (χ1) is 7.57. The van der Waals surface area contributed by atoms with Gasteiger partial charge in [-0.3, -0.25) is 0 Å². The van der Waals surface area contributed by atoms with Gasteiger partial charge in [0.2, 0.25) is 0 Å². The third-order valence-electron chi connectivity index (χ3n) is 3.18. The Hall–Kier alpha value is -0.130. The lowest BCUT2D eigenvalue weighted by atomic mass is 9.81. The zero-order valence-electron chi connectivity index (χ0n) is 9.77. The quantitative estimate of drug-likeness (QED) is 0.847. The molecule has 5 heteroatoms. The van der Waals surface area contributed by atoms with Crippen molar-refractivity contribution in [2.24, 2.45) is 5.92 Å². The van der Waals surface area contributed by atoms with Crippen LogP contribution in [0, 0.1) is 12.8 Å². The Morgan fingerprint density at radius 3 is 2.69 bits per heavy atom. The molecule has 1 aliphatic rings. The highest BCUT2D eigenvalue weighted by Gasteiger charge is 2.32. The van der Waals surface area contributed by atoms with E-state index in [2.05, 4.69) is 17.1 Å². The lowest BCUT2D eigenvalue weighted by Gasteiger charge is -2.34. The van der Waals surface area contributed by atoms with Gasteiger partial charge in [-0.2, -0.15) is 0 Å². The van der Waals surface area contributed by atoms with Gasteiger partial charge in [-0.05, 0) is 38.5 Å². The zero-order chi connectivity index (χ0) is 11.6. The molecule has 16 heavy (non-hydrogen) atoms. The standard InChI is InChI=1S/C11H18N2OS2/c1-8-3-5-11(14,6-4-8)7-15-10-13-12-9(2)16-10/h8,14H,3-7H2,1-2H3. The van der Waals surface area contributed by atoms with Crippen molar-refractivity contribution in [2.45, 2.75) is 49.5 Å². The van der Waals surface area contributed by atoms with Crippen molar-refractivity contribution in [1.82, 2.24) is 10.2 Å². The molecule has 90 valence electrons. The minimum Gasteiger partial charge on any atom is -0.389 e. The van der Waals surface area contributed by atoms with Crippen LogP contribution in [0.3, 0.4) is 0 Å². The summed E-state index contributed by atoms with van der Waals surface area (Å²) in [6.07, 6.45) is 4.15. The number of aryl methyl sites for hydroxylation is 1. The monoisotopic (exact) mass is 258 g/mol. The summed E-state index contributed by atoms with van der Waals surface area (Å²) >= 11 is 3.25. The van der Waals surface area contributed by atoms with Crippen LogP contribution in [0.25, 0.3) is 0 Å². The van der Waals surface area contributed by atoms with Gasteiger partial charge in [-0.25, -0.2) is 0 Å². The van der Waals surface area contributed by atoms with Crippen LogP contribution in [0.4, 0.5) is 0 Å². The number of hydrogen-bond donors (Lipinski definition) is 1. The van der Waals surface area contributed by atoms with Crippen molar-refractivity contribution in [3.63, 3.8) is 0 Å². The molecule has 1 saturated carbocycles. The molecular weight excluding hydrogens is 240 g/mol.